The normalized spacial score (nSPS) is 27.6. The van der Waals surface area contributed by atoms with Crippen LogP contribution in [0.3, 0.4) is 0 Å². The molecule has 0 aliphatic heterocycles. The number of quaternary nitrogens is 1. The van der Waals surface area contributed by atoms with E-state index in [4.69, 9.17) is 0 Å². The Balaban J connectivity index is 0.000000409. The van der Waals surface area contributed by atoms with Gasteiger partial charge in [0.25, 0.3) is 0 Å². The number of rotatable bonds is 4. The maximum atomic E-state index is 13.3. The second kappa shape index (κ2) is 7.71. The minimum atomic E-state index is -4.41. The maximum Gasteiger partial charge on any atom is 0.217 e. The Kier molecular flexibility index (Phi) is 6.26. The average molecular weight is 410 g/mol. The fourth-order valence-corrected chi connectivity index (χ4v) is 4.85. The van der Waals surface area contributed by atoms with Crippen molar-refractivity contribution in [1.29, 1.82) is 0 Å². The predicted octanol–water partition coefficient (Wildman–Crippen LogP) is 2.87. The summed E-state index contributed by atoms with van der Waals surface area (Å²) in [6.07, 6.45) is 4.34. The van der Waals surface area contributed by atoms with Gasteiger partial charge in [-0.2, -0.15) is 0 Å². The Labute approximate surface area is 168 Å². The molecule has 156 valence electrons. The predicted molar refractivity (Wildman–Crippen MR) is 108 cm³/mol. The number of hydrogen-bond acceptors (Lipinski definition) is 5. The first kappa shape index (κ1) is 22.7. The highest BCUT2D eigenvalue weighted by atomic mass is 32.3. The molecule has 6 nitrogen and oxygen atoms in total. The molecule has 3 rings (SSSR count). The summed E-state index contributed by atoms with van der Waals surface area (Å²) < 4.78 is 31.9. The lowest BCUT2D eigenvalue weighted by atomic mass is 9.68. The van der Waals surface area contributed by atoms with E-state index in [1.54, 1.807) is 0 Å². The minimum absolute atomic E-state index is 0.0657. The van der Waals surface area contributed by atoms with Gasteiger partial charge >= 0.3 is 0 Å². The Morgan fingerprint density at radius 1 is 1.21 bits per heavy atom. The zero-order valence-corrected chi connectivity index (χ0v) is 18.4. The molecular formula is C21H31NO5S. The lowest BCUT2D eigenvalue weighted by Crippen LogP contribution is -2.51. The van der Waals surface area contributed by atoms with Gasteiger partial charge in [-0.05, 0) is 35.8 Å². The number of fused-ring (bicyclic) bond motifs is 2. The lowest BCUT2D eigenvalue weighted by Gasteiger charge is -2.40. The van der Waals surface area contributed by atoms with E-state index in [-0.39, 0.29) is 10.8 Å². The van der Waals surface area contributed by atoms with Gasteiger partial charge in [0.05, 0.1) is 40.2 Å². The number of nitrogens with zero attached hydrogens (tertiary/aromatic N) is 1. The van der Waals surface area contributed by atoms with E-state index in [2.05, 4.69) is 57.4 Å². The van der Waals surface area contributed by atoms with Crippen molar-refractivity contribution < 1.29 is 26.4 Å². The van der Waals surface area contributed by atoms with Crippen LogP contribution in [0.15, 0.2) is 35.9 Å². The monoisotopic (exact) mass is 409 g/mol. The van der Waals surface area contributed by atoms with E-state index in [9.17, 15) is 17.8 Å². The van der Waals surface area contributed by atoms with Crippen LogP contribution in [0.1, 0.15) is 32.3 Å². The molecule has 2 bridgehead atoms. The first-order valence-corrected chi connectivity index (χ1v) is 10.7. The van der Waals surface area contributed by atoms with Crippen molar-refractivity contribution in [2.45, 2.75) is 26.7 Å². The van der Waals surface area contributed by atoms with Crippen LogP contribution in [0.2, 0.25) is 0 Å². The second-order valence-corrected chi connectivity index (χ2v) is 10.4. The van der Waals surface area contributed by atoms with E-state index in [0.717, 1.165) is 42.1 Å². The second-order valence-electron chi connectivity index (χ2n) is 9.26. The standard InChI is InChI=1S/C20H28NO.CH4O4S/c1-19(2)17-11-12-20(19,14-21(3,4)5)18(22)16(17)13-15-9-7-6-8-10-15;1-5-6(2,3)4/h6-10,13,17H,11-12,14H2,1-5H3;1H3,(H,2,3,4)/q+1;/p-1. The van der Waals surface area contributed by atoms with Gasteiger partial charge in [0.15, 0.2) is 5.78 Å². The van der Waals surface area contributed by atoms with Crippen LogP contribution in [-0.2, 0) is 19.4 Å². The Morgan fingerprint density at radius 2 is 1.75 bits per heavy atom. The van der Waals surface area contributed by atoms with E-state index in [1.807, 2.05) is 18.2 Å². The summed E-state index contributed by atoms with van der Waals surface area (Å²) in [5.74, 6) is 0.817. The van der Waals surface area contributed by atoms with Crippen molar-refractivity contribution in [1.82, 2.24) is 0 Å². The fourth-order valence-electron chi connectivity index (χ4n) is 4.85. The number of Topliss-reactive ketones (excluding diaryl/α,β-unsaturated/α-hetero) is 1. The molecule has 0 saturated heterocycles. The van der Waals surface area contributed by atoms with Crippen molar-refractivity contribution in [2.24, 2.45) is 16.7 Å². The van der Waals surface area contributed by atoms with Gasteiger partial charge in [0.2, 0.25) is 10.4 Å². The van der Waals surface area contributed by atoms with Gasteiger partial charge in [-0.3, -0.25) is 8.98 Å². The van der Waals surface area contributed by atoms with Crippen LogP contribution >= 0.6 is 0 Å². The summed E-state index contributed by atoms with van der Waals surface area (Å²) in [4.78, 5) is 13.3. The quantitative estimate of drug-likeness (QED) is 0.330. The highest BCUT2D eigenvalue weighted by Crippen LogP contribution is 2.66. The first-order chi connectivity index (χ1) is 12.7. The van der Waals surface area contributed by atoms with Crippen molar-refractivity contribution in [3.05, 3.63) is 41.5 Å². The summed E-state index contributed by atoms with van der Waals surface area (Å²) in [5, 5.41) is 0. The van der Waals surface area contributed by atoms with Crippen molar-refractivity contribution >= 4 is 22.3 Å². The molecule has 0 spiro atoms. The average Bonchev–Trinajstić information content (AvgIpc) is 2.89. The molecule has 2 atom stereocenters. The third-order valence-electron chi connectivity index (χ3n) is 6.11. The number of carbonyl (C=O) groups excluding carboxylic acids is 1. The fraction of sp³-hybridized carbons (Fsp3) is 0.571. The smallest absolute Gasteiger partial charge is 0.217 e. The number of benzene rings is 1. The molecule has 0 radical (unpaired) electrons. The SMILES string of the molecule is CC1(C)C2CCC1(C[N+](C)(C)C)C(=O)C2=Cc1ccccc1.COS(=O)(=O)[O-]. The molecule has 2 unspecified atom stereocenters. The zero-order valence-electron chi connectivity index (χ0n) is 17.6. The van der Waals surface area contributed by atoms with Gasteiger partial charge in [-0.1, -0.05) is 44.2 Å². The molecule has 1 aromatic rings. The molecule has 0 N–H and O–H groups in total. The van der Waals surface area contributed by atoms with E-state index >= 15 is 0 Å². The van der Waals surface area contributed by atoms with Crippen molar-refractivity contribution in [3.63, 3.8) is 0 Å². The van der Waals surface area contributed by atoms with Crippen molar-refractivity contribution in [3.8, 4) is 0 Å². The Bertz CT molecular complexity index is 853. The van der Waals surface area contributed by atoms with Gasteiger partial charge in [0.1, 0.15) is 0 Å². The van der Waals surface area contributed by atoms with Crippen LogP contribution in [-0.4, -0.2) is 58.0 Å². The van der Waals surface area contributed by atoms with E-state index < -0.39 is 10.4 Å². The molecule has 2 saturated carbocycles. The lowest BCUT2D eigenvalue weighted by molar-refractivity contribution is -0.876. The molecular weight excluding hydrogens is 378 g/mol. The highest BCUT2D eigenvalue weighted by molar-refractivity contribution is 7.80. The largest absolute Gasteiger partial charge is 0.726 e. The van der Waals surface area contributed by atoms with Crippen molar-refractivity contribution in [2.75, 3.05) is 34.8 Å². The summed E-state index contributed by atoms with van der Waals surface area (Å²) in [7, 11) is 2.99. The Morgan fingerprint density at radius 3 is 2.21 bits per heavy atom. The topological polar surface area (TPSA) is 83.5 Å². The molecule has 2 aliphatic rings. The number of ketones is 1. The maximum absolute atomic E-state index is 13.3. The molecule has 2 aliphatic carbocycles. The van der Waals surface area contributed by atoms with E-state index in [0.29, 0.717) is 11.7 Å². The number of hydrogen-bond donors (Lipinski definition) is 0. The molecule has 7 heteroatoms. The molecule has 2 fully saturated rings. The summed E-state index contributed by atoms with van der Waals surface area (Å²) >= 11 is 0. The third kappa shape index (κ3) is 4.54. The summed E-state index contributed by atoms with van der Waals surface area (Å²) in [6, 6.07) is 10.3. The van der Waals surface area contributed by atoms with Crippen LogP contribution in [0.5, 0.6) is 0 Å². The van der Waals surface area contributed by atoms with Crippen LogP contribution in [0, 0.1) is 16.7 Å². The van der Waals surface area contributed by atoms with E-state index in [1.165, 1.54) is 0 Å². The van der Waals surface area contributed by atoms with Crippen LogP contribution < -0.4 is 0 Å². The van der Waals surface area contributed by atoms with Gasteiger partial charge in [-0.15, -0.1) is 0 Å². The zero-order chi connectivity index (χ0) is 21.4. The van der Waals surface area contributed by atoms with Gasteiger partial charge < -0.3 is 9.04 Å². The molecule has 0 heterocycles. The van der Waals surface area contributed by atoms with Crippen LogP contribution in [0.25, 0.3) is 6.08 Å². The number of allylic oxidation sites excluding steroid dienone is 1. The Hall–Kier alpha value is -1.54. The van der Waals surface area contributed by atoms with Gasteiger partial charge in [-0.25, -0.2) is 8.42 Å². The minimum Gasteiger partial charge on any atom is -0.726 e. The molecule has 1 aromatic carbocycles. The molecule has 0 aromatic heterocycles. The summed E-state index contributed by atoms with van der Waals surface area (Å²) in [5.41, 5.74) is 2.10. The summed E-state index contributed by atoms with van der Waals surface area (Å²) in [6.45, 7) is 5.55. The van der Waals surface area contributed by atoms with Gasteiger partial charge in [0, 0.05) is 5.57 Å². The third-order valence-corrected chi connectivity index (χ3v) is 6.51. The first-order valence-electron chi connectivity index (χ1n) is 9.37. The highest BCUT2D eigenvalue weighted by Gasteiger charge is 2.68. The number of carbonyl (C=O) groups is 1. The molecule has 28 heavy (non-hydrogen) atoms. The van der Waals surface area contributed by atoms with Crippen LogP contribution in [0.4, 0.5) is 0 Å². The molecule has 0 amide bonds.